The molecule has 0 aromatic carbocycles. The lowest BCUT2D eigenvalue weighted by Crippen LogP contribution is -2.63. The highest BCUT2D eigenvalue weighted by Gasteiger charge is 2.49. The molecule has 2 rings (SSSR count). The first-order chi connectivity index (χ1) is 10.3. The minimum absolute atomic E-state index is 0.664. The fraction of sp³-hybridized carbons (Fsp3) is 1.00. The summed E-state index contributed by atoms with van der Waals surface area (Å²) in [5.41, 5.74) is 0. The van der Waals surface area contributed by atoms with Gasteiger partial charge >= 0.3 is 0 Å². The molecule has 0 unspecified atom stereocenters. The van der Waals surface area contributed by atoms with Gasteiger partial charge in [0, 0.05) is 7.11 Å². The summed E-state index contributed by atoms with van der Waals surface area (Å²) in [6.07, 6.45) is -11.6. The molecule has 0 aromatic heterocycles. The Morgan fingerprint density at radius 1 is 0.682 bits per heavy atom. The molecule has 2 aliphatic rings. The first-order valence-electron chi connectivity index (χ1n) is 7.17. The molecule has 0 aliphatic carbocycles. The average molecular weight is 325 g/mol. The Morgan fingerprint density at radius 3 is 1.73 bits per heavy atom. The van der Waals surface area contributed by atoms with Crippen LogP contribution in [0.25, 0.3) is 0 Å². The summed E-state index contributed by atoms with van der Waals surface area (Å²) in [7, 11) is 1.34. The van der Waals surface area contributed by atoms with E-state index >= 15 is 0 Å². The molecular weight excluding hydrogens is 301 g/mol. The molecule has 0 saturated carbocycles. The lowest BCUT2D eigenvalue weighted by atomic mass is 10.00. The fourth-order valence-electron chi connectivity index (χ4n) is 2.62. The van der Waals surface area contributed by atoms with Gasteiger partial charge in [0.2, 0.25) is 0 Å². The van der Waals surface area contributed by atoms with Crippen molar-refractivity contribution in [1.29, 1.82) is 0 Å². The number of aliphatic hydroxyl groups excluding tert-OH is 5. The number of hydrogen-bond acceptors (Lipinski definition) is 9. The predicted molar refractivity (Wildman–Crippen MR) is 70.6 cm³/mol. The van der Waals surface area contributed by atoms with Gasteiger partial charge in [-0.05, 0) is 13.8 Å². The molecule has 9 nitrogen and oxygen atoms in total. The molecule has 0 bridgehead atoms. The average Bonchev–Trinajstić information content (AvgIpc) is 2.50. The molecule has 10 atom stereocenters. The highest BCUT2D eigenvalue weighted by Crippen LogP contribution is 2.29. The van der Waals surface area contributed by atoms with Crippen LogP contribution < -0.4 is 0 Å². The first-order valence-corrected chi connectivity index (χ1v) is 7.17. The number of methoxy groups -OCH3 is 1. The lowest BCUT2D eigenvalue weighted by Gasteiger charge is -2.45. The molecule has 2 heterocycles. The van der Waals surface area contributed by atoms with Crippen molar-refractivity contribution in [3.63, 3.8) is 0 Å². The van der Waals surface area contributed by atoms with Gasteiger partial charge in [0.25, 0.3) is 0 Å². The Labute approximate surface area is 128 Å². The number of ether oxygens (including phenoxy) is 4. The van der Waals surface area contributed by atoms with E-state index in [0.717, 1.165) is 0 Å². The van der Waals surface area contributed by atoms with Crippen molar-refractivity contribution in [3.8, 4) is 0 Å². The predicted octanol–water partition coefficient (Wildman–Crippen LogP) is -2.69. The van der Waals surface area contributed by atoms with Crippen LogP contribution in [0.15, 0.2) is 0 Å². The van der Waals surface area contributed by atoms with E-state index in [4.69, 9.17) is 18.9 Å². The van der Waals surface area contributed by atoms with Crippen LogP contribution in [0.4, 0.5) is 0 Å². The van der Waals surface area contributed by atoms with Gasteiger partial charge in [0.1, 0.15) is 36.6 Å². The van der Waals surface area contributed by atoms with E-state index in [9.17, 15) is 25.5 Å². The minimum atomic E-state index is -1.52. The third-order valence-electron chi connectivity index (χ3n) is 4.12. The summed E-state index contributed by atoms with van der Waals surface area (Å²) in [4.78, 5) is 0. The van der Waals surface area contributed by atoms with Gasteiger partial charge in [0.05, 0.1) is 12.2 Å². The summed E-state index contributed by atoms with van der Waals surface area (Å²) in [6.45, 7) is 3.08. The summed E-state index contributed by atoms with van der Waals surface area (Å²) >= 11 is 0. The monoisotopic (exact) mass is 325 g/mol. The van der Waals surface area contributed by atoms with Crippen LogP contribution in [0.5, 0.6) is 0 Å². The second-order valence-electron chi connectivity index (χ2n) is 5.71. The SMILES string of the molecule is CO[C@@H]1O[C@@H](C)[C@H](O)[C@@H](O)[C@H]1O[C@@H]1O[C@@H](C)[C@H](O)[C@@H](O)[13C@H]1O. The van der Waals surface area contributed by atoms with Gasteiger partial charge in [-0.15, -0.1) is 0 Å². The normalized spacial score (nSPS) is 53.5. The van der Waals surface area contributed by atoms with Gasteiger partial charge < -0.3 is 44.5 Å². The smallest absolute Gasteiger partial charge is 0.187 e. The molecule has 2 aliphatic heterocycles. The molecule has 0 amide bonds. The molecule has 22 heavy (non-hydrogen) atoms. The van der Waals surface area contributed by atoms with Crippen LogP contribution >= 0.6 is 0 Å². The zero-order chi connectivity index (χ0) is 16.6. The largest absolute Gasteiger partial charge is 0.388 e. The lowest BCUT2D eigenvalue weighted by molar-refractivity contribution is -0.359. The molecule has 130 valence electrons. The van der Waals surface area contributed by atoms with Crippen molar-refractivity contribution in [3.05, 3.63) is 0 Å². The second kappa shape index (κ2) is 7.04. The fourth-order valence-corrected chi connectivity index (χ4v) is 2.62. The van der Waals surface area contributed by atoms with Crippen molar-refractivity contribution in [1.82, 2.24) is 0 Å². The van der Waals surface area contributed by atoms with Crippen molar-refractivity contribution in [2.45, 2.75) is 75.3 Å². The standard InChI is InChI=1S/C13H24O9/c1-4-6(14)8(16)10(18)12(20-4)22-11-9(17)7(15)5(2)21-13(11)19-3/h4-18H,1-3H3/t4-,5-,6-,7-,8+,9+,10+,11+,12-,13+/m0/s1/i10+1. The quantitative estimate of drug-likeness (QED) is 0.351. The van der Waals surface area contributed by atoms with E-state index in [-0.39, 0.29) is 0 Å². The van der Waals surface area contributed by atoms with Gasteiger partial charge in [-0.2, -0.15) is 0 Å². The Balaban J connectivity index is 2.10. The van der Waals surface area contributed by atoms with E-state index in [0.29, 0.717) is 0 Å². The van der Waals surface area contributed by atoms with E-state index in [1.807, 2.05) is 0 Å². The first kappa shape index (κ1) is 18.0. The summed E-state index contributed by atoms with van der Waals surface area (Å²) in [6, 6.07) is 0. The van der Waals surface area contributed by atoms with Crippen LogP contribution in [0, 0.1) is 0 Å². The van der Waals surface area contributed by atoms with Gasteiger partial charge in [-0.25, -0.2) is 0 Å². The maximum Gasteiger partial charge on any atom is 0.187 e. The molecule has 2 saturated heterocycles. The second-order valence-corrected chi connectivity index (χ2v) is 5.71. The molecule has 5 N–H and O–H groups in total. The third kappa shape index (κ3) is 3.28. The van der Waals surface area contributed by atoms with E-state index in [1.54, 1.807) is 6.92 Å². The zero-order valence-electron chi connectivity index (χ0n) is 12.6. The van der Waals surface area contributed by atoms with E-state index < -0.39 is 61.4 Å². The number of hydrogen-bond donors (Lipinski definition) is 5. The van der Waals surface area contributed by atoms with Crippen LogP contribution in [-0.4, -0.2) is 94.1 Å². The summed E-state index contributed by atoms with van der Waals surface area (Å²) in [5.74, 6) is 0. The van der Waals surface area contributed by atoms with Crippen LogP contribution in [-0.2, 0) is 18.9 Å². The van der Waals surface area contributed by atoms with Crippen molar-refractivity contribution in [2.24, 2.45) is 0 Å². The van der Waals surface area contributed by atoms with Crippen LogP contribution in [0.1, 0.15) is 13.8 Å². The Kier molecular flexibility index (Phi) is 5.75. The van der Waals surface area contributed by atoms with Crippen LogP contribution in [0.2, 0.25) is 0 Å². The Morgan fingerprint density at radius 2 is 1.18 bits per heavy atom. The summed E-state index contributed by atoms with van der Waals surface area (Å²) in [5, 5.41) is 49.3. The zero-order valence-corrected chi connectivity index (χ0v) is 12.6. The Hall–Kier alpha value is -0.360. The van der Waals surface area contributed by atoms with Gasteiger partial charge in [-0.3, -0.25) is 0 Å². The van der Waals surface area contributed by atoms with Crippen molar-refractivity contribution < 1.29 is 44.5 Å². The Bertz CT molecular complexity index is 365. The highest BCUT2D eigenvalue weighted by atomic mass is 16.8. The van der Waals surface area contributed by atoms with Crippen molar-refractivity contribution in [2.75, 3.05) is 7.11 Å². The molecule has 2 fully saturated rings. The van der Waals surface area contributed by atoms with E-state index in [1.165, 1.54) is 14.0 Å². The van der Waals surface area contributed by atoms with Crippen molar-refractivity contribution >= 4 is 0 Å². The third-order valence-corrected chi connectivity index (χ3v) is 4.12. The highest BCUT2D eigenvalue weighted by molar-refractivity contribution is 4.92. The maximum absolute atomic E-state index is 10.1. The van der Waals surface area contributed by atoms with E-state index in [2.05, 4.69) is 0 Å². The summed E-state index contributed by atoms with van der Waals surface area (Å²) < 4.78 is 21.2. The topological polar surface area (TPSA) is 138 Å². The molecule has 0 aromatic rings. The number of rotatable bonds is 3. The molecular formula is C13H24O9. The molecule has 0 radical (unpaired) electrons. The minimum Gasteiger partial charge on any atom is -0.388 e. The number of aliphatic hydroxyl groups is 5. The van der Waals surface area contributed by atoms with Crippen LogP contribution in [0.3, 0.4) is 0 Å². The molecule has 9 heteroatoms. The van der Waals surface area contributed by atoms with Gasteiger partial charge in [-0.1, -0.05) is 0 Å². The molecule has 0 spiro atoms. The maximum atomic E-state index is 10.1. The van der Waals surface area contributed by atoms with Gasteiger partial charge in [0.15, 0.2) is 12.6 Å².